The van der Waals surface area contributed by atoms with Crippen LogP contribution in [-0.2, 0) is 10.3 Å². The number of hydrogen-bond acceptors (Lipinski definition) is 3. The number of anilines is 1. The van der Waals surface area contributed by atoms with Gasteiger partial charge in [-0.2, -0.15) is 4.99 Å². The minimum Gasteiger partial charge on any atom is -0.370 e. The van der Waals surface area contributed by atoms with E-state index in [2.05, 4.69) is 22.0 Å². The van der Waals surface area contributed by atoms with Gasteiger partial charge in [-0.05, 0) is 56.2 Å². The Bertz CT molecular complexity index is 541. The lowest BCUT2D eigenvalue weighted by molar-refractivity contribution is 0.256. The molecule has 0 spiro atoms. The van der Waals surface area contributed by atoms with Crippen LogP contribution in [0.1, 0.15) is 44.1 Å². The zero-order valence-electron chi connectivity index (χ0n) is 11.6. The van der Waals surface area contributed by atoms with Gasteiger partial charge in [0, 0.05) is 13.1 Å². The minimum atomic E-state index is -0.355. The van der Waals surface area contributed by atoms with Crippen LogP contribution < -0.4 is 4.90 Å². The lowest BCUT2D eigenvalue weighted by Crippen LogP contribution is -2.32. The highest BCUT2D eigenvalue weighted by molar-refractivity contribution is 6.33. The maximum atomic E-state index is 10.7. The van der Waals surface area contributed by atoms with Crippen molar-refractivity contribution in [1.82, 2.24) is 0 Å². The van der Waals surface area contributed by atoms with E-state index in [0.717, 1.165) is 48.6 Å². The summed E-state index contributed by atoms with van der Waals surface area (Å²) in [6.45, 7) is 2.16. The van der Waals surface area contributed by atoms with Gasteiger partial charge in [0.05, 0.1) is 16.2 Å². The van der Waals surface area contributed by atoms with Gasteiger partial charge in [-0.3, -0.25) is 0 Å². The van der Waals surface area contributed by atoms with E-state index in [4.69, 9.17) is 11.6 Å². The number of benzene rings is 1. The molecular weight excluding hydrogens is 272 g/mol. The second-order valence-electron chi connectivity index (χ2n) is 5.80. The molecule has 3 nitrogen and oxygen atoms in total. The molecule has 1 heterocycles. The molecule has 1 aromatic rings. The molecule has 1 saturated heterocycles. The van der Waals surface area contributed by atoms with Crippen molar-refractivity contribution in [3.8, 4) is 0 Å². The first kappa shape index (κ1) is 13.7. The molecule has 0 bridgehead atoms. The predicted octanol–water partition coefficient (Wildman–Crippen LogP) is 4.05. The van der Waals surface area contributed by atoms with E-state index in [-0.39, 0.29) is 5.54 Å². The summed E-state index contributed by atoms with van der Waals surface area (Å²) in [7, 11) is 0. The standard InChI is InChI=1S/C16H19ClN2O/c17-14-11-13(16(18-12-20)7-4-8-16)5-6-15(14)19-9-2-1-3-10-19/h5-6,11H,1-4,7-10H2. The molecule has 2 aliphatic rings. The zero-order valence-corrected chi connectivity index (χ0v) is 12.3. The summed E-state index contributed by atoms with van der Waals surface area (Å²) in [5.74, 6) is 0. The second kappa shape index (κ2) is 5.59. The molecule has 1 aromatic carbocycles. The molecule has 0 radical (unpaired) electrons. The van der Waals surface area contributed by atoms with Crippen LogP contribution in [-0.4, -0.2) is 19.2 Å². The molecule has 3 rings (SSSR count). The van der Waals surface area contributed by atoms with Gasteiger partial charge in [-0.15, -0.1) is 0 Å². The van der Waals surface area contributed by atoms with E-state index < -0.39 is 0 Å². The lowest BCUT2D eigenvalue weighted by Gasteiger charge is -2.38. The maximum absolute atomic E-state index is 10.7. The Labute approximate surface area is 124 Å². The third kappa shape index (κ3) is 2.36. The van der Waals surface area contributed by atoms with E-state index in [1.807, 2.05) is 6.07 Å². The summed E-state index contributed by atoms with van der Waals surface area (Å²) in [5.41, 5.74) is 1.81. The number of aliphatic imine (C=N–C) groups is 1. The third-order valence-electron chi connectivity index (χ3n) is 4.62. The van der Waals surface area contributed by atoms with Gasteiger partial charge in [0.2, 0.25) is 6.08 Å². The van der Waals surface area contributed by atoms with Crippen molar-refractivity contribution < 1.29 is 4.79 Å². The van der Waals surface area contributed by atoms with Gasteiger partial charge in [-0.1, -0.05) is 17.7 Å². The lowest BCUT2D eigenvalue weighted by atomic mass is 9.72. The molecule has 1 aliphatic heterocycles. The molecule has 0 unspecified atom stereocenters. The maximum Gasteiger partial charge on any atom is 0.235 e. The summed E-state index contributed by atoms with van der Waals surface area (Å²) < 4.78 is 0. The van der Waals surface area contributed by atoms with E-state index >= 15 is 0 Å². The molecule has 106 valence electrons. The summed E-state index contributed by atoms with van der Waals surface area (Å²) in [6.07, 6.45) is 8.45. The SMILES string of the molecule is O=C=NC1(c2ccc(N3CCCCC3)c(Cl)c2)CCC1. The molecule has 1 saturated carbocycles. The van der Waals surface area contributed by atoms with E-state index in [0.29, 0.717) is 0 Å². The molecule has 0 N–H and O–H groups in total. The Kier molecular flexibility index (Phi) is 3.82. The number of isocyanates is 1. The number of piperidine rings is 1. The number of carbonyl (C=O) groups excluding carboxylic acids is 1. The van der Waals surface area contributed by atoms with Gasteiger partial charge in [0.25, 0.3) is 0 Å². The van der Waals surface area contributed by atoms with Gasteiger partial charge < -0.3 is 4.90 Å². The molecule has 0 amide bonds. The van der Waals surface area contributed by atoms with Crippen LogP contribution in [0.3, 0.4) is 0 Å². The van der Waals surface area contributed by atoms with Crippen LogP contribution in [0.5, 0.6) is 0 Å². The van der Waals surface area contributed by atoms with E-state index in [1.54, 1.807) is 6.08 Å². The number of rotatable bonds is 3. The Morgan fingerprint density at radius 2 is 1.90 bits per heavy atom. The second-order valence-corrected chi connectivity index (χ2v) is 6.21. The van der Waals surface area contributed by atoms with Gasteiger partial charge in [0.1, 0.15) is 0 Å². The highest BCUT2D eigenvalue weighted by Gasteiger charge is 2.39. The van der Waals surface area contributed by atoms with Crippen molar-refractivity contribution in [1.29, 1.82) is 0 Å². The molecule has 20 heavy (non-hydrogen) atoms. The third-order valence-corrected chi connectivity index (χ3v) is 4.92. The quantitative estimate of drug-likeness (QED) is 0.621. The topological polar surface area (TPSA) is 32.7 Å². The average Bonchev–Trinajstić information content (AvgIpc) is 2.44. The van der Waals surface area contributed by atoms with Gasteiger partial charge >= 0.3 is 0 Å². The van der Waals surface area contributed by atoms with Crippen LogP contribution in [0.25, 0.3) is 0 Å². The van der Waals surface area contributed by atoms with Crippen LogP contribution >= 0.6 is 11.6 Å². The Hall–Kier alpha value is -1.31. The summed E-state index contributed by atoms with van der Waals surface area (Å²) in [4.78, 5) is 17.0. The van der Waals surface area contributed by atoms with E-state index in [9.17, 15) is 4.79 Å². The fourth-order valence-corrected chi connectivity index (χ4v) is 3.55. The number of halogens is 1. The summed E-state index contributed by atoms with van der Waals surface area (Å²) in [5, 5.41) is 0.775. The van der Waals surface area contributed by atoms with Gasteiger partial charge in [0.15, 0.2) is 0 Å². The first-order chi connectivity index (χ1) is 9.75. The molecule has 0 aromatic heterocycles. The van der Waals surface area contributed by atoms with Crippen molar-refractivity contribution in [2.45, 2.75) is 44.1 Å². The highest BCUT2D eigenvalue weighted by atomic mass is 35.5. The predicted molar refractivity (Wildman–Crippen MR) is 81.2 cm³/mol. The van der Waals surface area contributed by atoms with Crippen molar-refractivity contribution in [3.05, 3.63) is 28.8 Å². The van der Waals surface area contributed by atoms with Crippen LogP contribution in [0.4, 0.5) is 5.69 Å². The average molecular weight is 291 g/mol. The Morgan fingerprint density at radius 3 is 2.45 bits per heavy atom. The van der Waals surface area contributed by atoms with Crippen LogP contribution in [0.15, 0.2) is 23.2 Å². The van der Waals surface area contributed by atoms with Crippen molar-refractivity contribution in [2.24, 2.45) is 4.99 Å². The van der Waals surface area contributed by atoms with Crippen LogP contribution in [0.2, 0.25) is 5.02 Å². The molecule has 2 fully saturated rings. The number of hydrogen-bond donors (Lipinski definition) is 0. The summed E-state index contributed by atoms with van der Waals surface area (Å²) in [6, 6.07) is 6.16. The normalized spacial score (nSPS) is 20.9. The van der Waals surface area contributed by atoms with Crippen molar-refractivity contribution in [3.63, 3.8) is 0 Å². The highest BCUT2D eigenvalue weighted by Crippen LogP contribution is 2.46. The Balaban J connectivity index is 1.89. The first-order valence-corrected chi connectivity index (χ1v) is 7.77. The van der Waals surface area contributed by atoms with Crippen molar-refractivity contribution in [2.75, 3.05) is 18.0 Å². The van der Waals surface area contributed by atoms with Crippen molar-refractivity contribution >= 4 is 23.4 Å². The first-order valence-electron chi connectivity index (χ1n) is 7.39. The zero-order chi connectivity index (χ0) is 14.0. The molecule has 1 aliphatic carbocycles. The monoisotopic (exact) mass is 290 g/mol. The molecular formula is C16H19ClN2O. The molecule has 0 atom stereocenters. The smallest absolute Gasteiger partial charge is 0.235 e. The fourth-order valence-electron chi connectivity index (χ4n) is 3.25. The number of nitrogens with zero attached hydrogens (tertiary/aromatic N) is 2. The minimum absolute atomic E-state index is 0.355. The largest absolute Gasteiger partial charge is 0.370 e. The van der Waals surface area contributed by atoms with Gasteiger partial charge in [-0.25, -0.2) is 4.79 Å². The Morgan fingerprint density at radius 1 is 1.15 bits per heavy atom. The van der Waals surface area contributed by atoms with E-state index in [1.165, 1.54) is 19.3 Å². The van der Waals surface area contributed by atoms with Crippen LogP contribution in [0, 0.1) is 0 Å². The summed E-state index contributed by atoms with van der Waals surface area (Å²) >= 11 is 6.47. The molecule has 4 heteroatoms. The fraction of sp³-hybridized carbons (Fsp3) is 0.562.